The quantitative estimate of drug-likeness (QED) is 0.682. The predicted molar refractivity (Wildman–Crippen MR) is 63.7 cm³/mol. The third-order valence-corrected chi connectivity index (χ3v) is 2.39. The number of hydrogen-bond acceptors (Lipinski definition) is 2. The SMILES string of the molecule is CC(C)c1ccc(-c2cnc[nH]2)cc1.O.[Li+].[OH-]. The van der Waals surface area contributed by atoms with Gasteiger partial charge in [0.25, 0.3) is 0 Å². The van der Waals surface area contributed by atoms with Gasteiger partial charge in [-0.25, -0.2) is 4.98 Å². The maximum atomic E-state index is 4.00. The van der Waals surface area contributed by atoms with Crippen LogP contribution < -0.4 is 18.9 Å². The summed E-state index contributed by atoms with van der Waals surface area (Å²) in [4.78, 5) is 7.09. The van der Waals surface area contributed by atoms with Crippen molar-refractivity contribution in [2.24, 2.45) is 0 Å². The van der Waals surface area contributed by atoms with E-state index in [2.05, 4.69) is 48.1 Å². The van der Waals surface area contributed by atoms with Gasteiger partial charge in [0, 0.05) is 0 Å². The minimum absolute atomic E-state index is 0. The average Bonchev–Trinajstić information content (AvgIpc) is 2.71. The maximum Gasteiger partial charge on any atom is 1.00 e. The van der Waals surface area contributed by atoms with Gasteiger partial charge < -0.3 is 15.9 Å². The molecule has 4 N–H and O–H groups in total. The zero-order valence-corrected chi connectivity index (χ0v) is 10.4. The first-order valence-electron chi connectivity index (χ1n) is 4.86. The van der Waals surface area contributed by atoms with E-state index in [9.17, 15) is 0 Å². The largest absolute Gasteiger partial charge is 1.00 e. The first-order chi connectivity index (χ1) is 6.77. The zero-order chi connectivity index (χ0) is 9.97. The first kappa shape index (κ1) is 18.3. The molecular formula is C12H17LiN2O2. The molecule has 88 valence electrons. The summed E-state index contributed by atoms with van der Waals surface area (Å²) >= 11 is 0. The average molecular weight is 228 g/mol. The zero-order valence-electron chi connectivity index (χ0n) is 10.4. The van der Waals surface area contributed by atoms with E-state index in [4.69, 9.17) is 0 Å². The van der Waals surface area contributed by atoms with Crippen LogP contribution in [0.3, 0.4) is 0 Å². The summed E-state index contributed by atoms with van der Waals surface area (Å²) in [6, 6.07) is 8.59. The third-order valence-electron chi connectivity index (χ3n) is 2.39. The predicted octanol–water partition coefficient (Wildman–Crippen LogP) is -0.797. The van der Waals surface area contributed by atoms with Crippen LogP contribution in [-0.4, -0.2) is 20.9 Å². The molecule has 1 heterocycles. The van der Waals surface area contributed by atoms with Crippen molar-refractivity contribution in [2.45, 2.75) is 19.8 Å². The Balaban J connectivity index is 0. The minimum Gasteiger partial charge on any atom is -0.870 e. The smallest absolute Gasteiger partial charge is 0.870 e. The number of imidazole rings is 1. The molecule has 0 aliphatic rings. The summed E-state index contributed by atoms with van der Waals surface area (Å²) in [5.41, 5.74) is 3.63. The van der Waals surface area contributed by atoms with Gasteiger partial charge in [0.1, 0.15) is 0 Å². The van der Waals surface area contributed by atoms with E-state index in [-0.39, 0.29) is 29.8 Å². The first-order valence-corrected chi connectivity index (χ1v) is 4.86. The molecule has 0 spiro atoms. The summed E-state index contributed by atoms with van der Waals surface area (Å²) in [6.45, 7) is 4.40. The Labute approximate surface area is 113 Å². The van der Waals surface area contributed by atoms with E-state index in [1.165, 1.54) is 11.1 Å². The fraction of sp³-hybridized carbons (Fsp3) is 0.250. The van der Waals surface area contributed by atoms with Crippen molar-refractivity contribution in [3.8, 4) is 11.3 Å². The Morgan fingerprint density at radius 3 is 2.12 bits per heavy atom. The fourth-order valence-electron chi connectivity index (χ4n) is 1.46. The van der Waals surface area contributed by atoms with Crippen LogP contribution in [-0.2, 0) is 0 Å². The van der Waals surface area contributed by atoms with Crippen molar-refractivity contribution in [1.82, 2.24) is 9.97 Å². The Morgan fingerprint density at radius 1 is 1.12 bits per heavy atom. The molecule has 2 aromatic rings. The molecule has 17 heavy (non-hydrogen) atoms. The second-order valence-corrected chi connectivity index (χ2v) is 3.74. The Morgan fingerprint density at radius 2 is 1.71 bits per heavy atom. The molecule has 0 aliphatic heterocycles. The third kappa shape index (κ3) is 4.37. The minimum atomic E-state index is 0. The molecule has 1 aromatic carbocycles. The van der Waals surface area contributed by atoms with Crippen LogP contribution in [0.5, 0.6) is 0 Å². The van der Waals surface area contributed by atoms with Gasteiger partial charge in [0.2, 0.25) is 0 Å². The molecule has 0 bridgehead atoms. The van der Waals surface area contributed by atoms with Crippen molar-refractivity contribution in [1.29, 1.82) is 0 Å². The maximum absolute atomic E-state index is 4.00. The van der Waals surface area contributed by atoms with Gasteiger partial charge in [-0.1, -0.05) is 38.1 Å². The van der Waals surface area contributed by atoms with Crippen LogP contribution in [0.2, 0.25) is 0 Å². The van der Waals surface area contributed by atoms with Crippen LogP contribution in [0.15, 0.2) is 36.8 Å². The van der Waals surface area contributed by atoms with Crippen LogP contribution in [0.1, 0.15) is 25.3 Å². The molecule has 0 radical (unpaired) electrons. The molecule has 0 saturated carbocycles. The van der Waals surface area contributed by atoms with E-state index in [1.54, 1.807) is 6.33 Å². The molecule has 0 saturated heterocycles. The summed E-state index contributed by atoms with van der Waals surface area (Å²) in [5.74, 6) is 0.589. The molecule has 2 rings (SSSR count). The van der Waals surface area contributed by atoms with Crippen molar-refractivity contribution in [3.05, 3.63) is 42.4 Å². The molecule has 0 atom stereocenters. The van der Waals surface area contributed by atoms with Crippen LogP contribution in [0, 0.1) is 0 Å². The summed E-state index contributed by atoms with van der Waals surface area (Å²) in [7, 11) is 0. The summed E-state index contributed by atoms with van der Waals surface area (Å²) in [5, 5.41) is 0. The van der Waals surface area contributed by atoms with Crippen molar-refractivity contribution >= 4 is 0 Å². The second-order valence-electron chi connectivity index (χ2n) is 3.74. The van der Waals surface area contributed by atoms with Gasteiger partial charge in [0.15, 0.2) is 0 Å². The second kappa shape index (κ2) is 8.10. The molecule has 4 nitrogen and oxygen atoms in total. The number of hydrogen-bond donors (Lipinski definition) is 1. The summed E-state index contributed by atoms with van der Waals surface area (Å²) in [6.07, 6.45) is 3.54. The summed E-state index contributed by atoms with van der Waals surface area (Å²) < 4.78 is 0. The van der Waals surface area contributed by atoms with Crippen LogP contribution in [0.4, 0.5) is 0 Å². The molecule has 5 heteroatoms. The topological polar surface area (TPSA) is 90.2 Å². The number of benzene rings is 1. The molecule has 0 unspecified atom stereocenters. The number of aromatic nitrogens is 2. The molecule has 1 aromatic heterocycles. The van der Waals surface area contributed by atoms with Crippen molar-refractivity contribution in [3.63, 3.8) is 0 Å². The van der Waals surface area contributed by atoms with Crippen LogP contribution in [0.25, 0.3) is 11.3 Å². The number of nitrogens with one attached hydrogen (secondary N) is 1. The van der Waals surface area contributed by atoms with E-state index >= 15 is 0 Å². The monoisotopic (exact) mass is 228 g/mol. The Hall–Kier alpha value is -1.05. The van der Waals surface area contributed by atoms with Crippen molar-refractivity contribution < 1.29 is 29.8 Å². The van der Waals surface area contributed by atoms with Gasteiger partial charge >= 0.3 is 18.9 Å². The molecule has 0 aliphatic carbocycles. The number of H-pyrrole nitrogens is 1. The molecule has 0 amide bonds. The van der Waals surface area contributed by atoms with Crippen LogP contribution >= 0.6 is 0 Å². The van der Waals surface area contributed by atoms with Crippen molar-refractivity contribution in [2.75, 3.05) is 0 Å². The standard InChI is InChI=1S/C12H14N2.Li.2H2O/c1-9(2)10-3-5-11(6-4-10)12-7-13-8-14-12;;;/h3-9H,1-2H3,(H,13,14);;2*1H2/q;+1;;/p-1. The van der Waals surface area contributed by atoms with Gasteiger partial charge in [0.05, 0.1) is 18.2 Å². The molecular weight excluding hydrogens is 211 g/mol. The molecule has 0 fully saturated rings. The Kier molecular flexibility index (Phi) is 8.73. The van der Waals surface area contributed by atoms with Gasteiger partial charge in [-0.05, 0) is 17.0 Å². The van der Waals surface area contributed by atoms with E-state index in [0.29, 0.717) is 5.92 Å². The number of aromatic amines is 1. The van der Waals surface area contributed by atoms with E-state index in [1.807, 2.05) is 6.20 Å². The normalized spacial score (nSPS) is 8.88. The number of nitrogens with zero attached hydrogens (tertiary/aromatic N) is 1. The van der Waals surface area contributed by atoms with Gasteiger partial charge in [-0.2, -0.15) is 0 Å². The van der Waals surface area contributed by atoms with Gasteiger partial charge in [-0.3, -0.25) is 0 Å². The van der Waals surface area contributed by atoms with E-state index in [0.717, 1.165) is 5.69 Å². The Bertz CT molecular complexity index is 399. The number of rotatable bonds is 2. The fourth-order valence-corrected chi connectivity index (χ4v) is 1.46. The van der Waals surface area contributed by atoms with E-state index < -0.39 is 0 Å². The van der Waals surface area contributed by atoms with Gasteiger partial charge in [-0.15, -0.1) is 0 Å².